The molecule has 0 saturated carbocycles. The second-order valence-electron chi connectivity index (χ2n) is 9.01. The van der Waals surface area contributed by atoms with E-state index in [4.69, 9.17) is 28.0 Å². The van der Waals surface area contributed by atoms with Crippen LogP contribution >= 0.6 is 34.5 Å². The summed E-state index contributed by atoms with van der Waals surface area (Å²) < 4.78 is 0. The number of aromatic nitrogens is 1. The fourth-order valence-electron chi connectivity index (χ4n) is 4.39. The summed E-state index contributed by atoms with van der Waals surface area (Å²) in [6, 6.07) is 3.81. The van der Waals surface area contributed by atoms with Crippen LogP contribution in [0.1, 0.15) is 47.7 Å². The number of nitrogens with one attached hydrogen (secondary N) is 2. The van der Waals surface area contributed by atoms with E-state index in [1.807, 2.05) is 16.3 Å². The maximum absolute atomic E-state index is 12.9. The van der Waals surface area contributed by atoms with Gasteiger partial charge in [0.05, 0.1) is 5.56 Å². The van der Waals surface area contributed by atoms with Gasteiger partial charge in [-0.25, -0.2) is 15.3 Å². The van der Waals surface area contributed by atoms with Crippen molar-refractivity contribution in [2.75, 3.05) is 33.3 Å². The van der Waals surface area contributed by atoms with Gasteiger partial charge in [0.1, 0.15) is 16.9 Å². The summed E-state index contributed by atoms with van der Waals surface area (Å²) in [5.41, 5.74) is 4.70. The number of thiophene rings is 1. The molecule has 2 aromatic rings. The monoisotopic (exact) mass is 568 g/mol. The third-order valence-electron chi connectivity index (χ3n) is 6.47. The van der Waals surface area contributed by atoms with Crippen LogP contribution in [0.3, 0.4) is 0 Å². The van der Waals surface area contributed by atoms with Gasteiger partial charge in [0.25, 0.3) is 5.91 Å². The summed E-state index contributed by atoms with van der Waals surface area (Å²) in [7, 11) is 1.66. The molecule has 1 atom stereocenters. The molecule has 202 valence electrons. The molecule has 3 amide bonds. The number of urea groups is 1. The highest BCUT2D eigenvalue weighted by atomic mass is 35.5. The SMILES string of the molecule is CN=CCONC(=O)N(Cc1ccsc1)C1CCN([C@H](C)CCNC(=O)c2c(C)cc(Cl)nc2Cl)CC1. The van der Waals surface area contributed by atoms with Gasteiger partial charge in [-0.15, -0.1) is 0 Å². The number of likely N-dealkylation sites (tertiary alicyclic amines) is 1. The van der Waals surface area contributed by atoms with Crippen molar-refractivity contribution in [3.63, 3.8) is 0 Å². The largest absolute Gasteiger partial charge is 0.352 e. The number of carbonyl (C=O) groups is 2. The van der Waals surface area contributed by atoms with E-state index >= 15 is 0 Å². The second kappa shape index (κ2) is 14.6. The predicted molar refractivity (Wildman–Crippen MR) is 149 cm³/mol. The summed E-state index contributed by atoms with van der Waals surface area (Å²) >= 11 is 13.7. The molecule has 12 heteroatoms. The Kier molecular flexibility index (Phi) is 11.6. The molecule has 9 nitrogen and oxygen atoms in total. The standard InChI is InChI=1S/C25H34Cl2N6O3S/c1-17-14-21(26)30-23(27)22(17)24(34)29-8-4-18(2)32-10-5-20(6-11-32)33(15-19-7-13-37-16-19)25(35)31-36-12-9-28-3/h7,9,13-14,16,18,20H,4-6,8,10-12,15H2,1-3H3,(H,29,34)(H,31,35)/t18-/m1/s1. The molecule has 3 rings (SSSR count). The number of hydrogen-bond acceptors (Lipinski definition) is 7. The highest BCUT2D eigenvalue weighted by Crippen LogP contribution is 2.23. The number of piperidine rings is 1. The lowest BCUT2D eigenvalue weighted by atomic mass is 10.0. The highest BCUT2D eigenvalue weighted by molar-refractivity contribution is 7.07. The molecule has 1 saturated heterocycles. The lowest BCUT2D eigenvalue weighted by molar-refractivity contribution is 0.0482. The number of aryl methyl sites for hydroxylation is 1. The molecule has 0 radical (unpaired) electrons. The average Bonchev–Trinajstić information content (AvgIpc) is 3.38. The number of hydroxylamine groups is 1. The molecule has 1 fully saturated rings. The van der Waals surface area contributed by atoms with Crippen molar-refractivity contribution in [3.05, 3.63) is 49.9 Å². The third kappa shape index (κ3) is 8.65. The third-order valence-corrected chi connectivity index (χ3v) is 7.67. The highest BCUT2D eigenvalue weighted by Gasteiger charge is 2.30. The molecule has 1 aliphatic rings. The minimum Gasteiger partial charge on any atom is -0.352 e. The van der Waals surface area contributed by atoms with Crippen LogP contribution in [0.5, 0.6) is 0 Å². The Balaban J connectivity index is 1.49. The van der Waals surface area contributed by atoms with Gasteiger partial charge in [0.15, 0.2) is 0 Å². The molecule has 0 aliphatic carbocycles. The Morgan fingerprint density at radius 2 is 2.14 bits per heavy atom. The van der Waals surface area contributed by atoms with E-state index in [0.29, 0.717) is 24.2 Å². The van der Waals surface area contributed by atoms with Gasteiger partial charge in [0.2, 0.25) is 0 Å². The first-order chi connectivity index (χ1) is 17.8. The molecule has 3 heterocycles. The lowest BCUT2D eigenvalue weighted by Crippen LogP contribution is -2.51. The van der Waals surface area contributed by atoms with Gasteiger partial charge < -0.3 is 15.1 Å². The molecule has 0 aromatic carbocycles. The van der Waals surface area contributed by atoms with Crippen LogP contribution < -0.4 is 10.8 Å². The van der Waals surface area contributed by atoms with Crippen LogP contribution in [-0.2, 0) is 11.4 Å². The smallest absolute Gasteiger partial charge is 0.341 e. The van der Waals surface area contributed by atoms with Crippen LogP contribution in [0, 0.1) is 6.92 Å². The Labute approximate surface area is 232 Å². The minimum atomic E-state index is -0.250. The van der Waals surface area contributed by atoms with E-state index in [1.165, 1.54) is 0 Å². The molecule has 0 spiro atoms. The molecule has 2 aromatic heterocycles. The van der Waals surface area contributed by atoms with Gasteiger partial charge in [-0.1, -0.05) is 23.2 Å². The van der Waals surface area contributed by atoms with E-state index in [1.54, 1.807) is 37.6 Å². The second-order valence-corrected chi connectivity index (χ2v) is 10.5. The Morgan fingerprint density at radius 3 is 2.78 bits per heavy atom. The Bertz CT molecular complexity index is 1040. The summed E-state index contributed by atoms with van der Waals surface area (Å²) in [6.07, 6.45) is 4.10. The quantitative estimate of drug-likeness (QED) is 0.179. The number of halogens is 2. The lowest BCUT2D eigenvalue weighted by Gasteiger charge is -2.40. The summed E-state index contributed by atoms with van der Waals surface area (Å²) in [5.74, 6) is -0.250. The van der Waals surface area contributed by atoms with Crippen LogP contribution in [0.2, 0.25) is 10.3 Å². The molecule has 37 heavy (non-hydrogen) atoms. The van der Waals surface area contributed by atoms with Crippen molar-refractivity contribution < 1.29 is 14.4 Å². The summed E-state index contributed by atoms with van der Waals surface area (Å²) in [6.45, 7) is 6.95. The first-order valence-electron chi connectivity index (χ1n) is 12.2. The number of nitrogens with zero attached hydrogens (tertiary/aromatic N) is 4. The number of hydrogen-bond donors (Lipinski definition) is 2. The number of carbonyl (C=O) groups excluding carboxylic acids is 2. The molecule has 0 bridgehead atoms. The van der Waals surface area contributed by atoms with Crippen molar-refractivity contribution >= 4 is 52.7 Å². The maximum Gasteiger partial charge on any atom is 0.341 e. The Morgan fingerprint density at radius 1 is 1.38 bits per heavy atom. The van der Waals surface area contributed by atoms with Crippen molar-refractivity contribution in [1.29, 1.82) is 0 Å². The molecule has 2 N–H and O–H groups in total. The van der Waals surface area contributed by atoms with Gasteiger partial charge >= 0.3 is 6.03 Å². The Hall–Kier alpha value is -2.24. The predicted octanol–water partition coefficient (Wildman–Crippen LogP) is 4.58. The van der Waals surface area contributed by atoms with Crippen molar-refractivity contribution in [2.45, 2.75) is 51.7 Å². The topological polar surface area (TPSA) is 99.2 Å². The molecule has 1 aliphatic heterocycles. The number of aliphatic imine (C=N–C) groups is 1. The minimum absolute atomic E-state index is 0.106. The van der Waals surface area contributed by atoms with Crippen LogP contribution in [-0.4, -0.2) is 78.3 Å². The van der Waals surface area contributed by atoms with Gasteiger partial charge in [0, 0.05) is 51.5 Å². The molecule has 0 unspecified atom stereocenters. The van der Waals surface area contributed by atoms with E-state index in [9.17, 15) is 9.59 Å². The molecular formula is C25H34Cl2N6O3S. The number of pyridine rings is 1. The van der Waals surface area contributed by atoms with E-state index in [-0.39, 0.29) is 40.9 Å². The van der Waals surface area contributed by atoms with Crippen molar-refractivity contribution in [2.24, 2.45) is 4.99 Å². The first kappa shape index (κ1) is 29.3. The van der Waals surface area contributed by atoms with Crippen molar-refractivity contribution in [3.8, 4) is 0 Å². The van der Waals surface area contributed by atoms with Crippen LogP contribution in [0.4, 0.5) is 4.79 Å². The number of rotatable bonds is 11. The van der Waals surface area contributed by atoms with Crippen LogP contribution in [0.25, 0.3) is 0 Å². The zero-order valence-corrected chi connectivity index (χ0v) is 23.7. The normalized spacial score (nSPS) is 15.6. The first-order valence-corrected chi connectivity index (χ1v) is 13.9. The number of amides is 3. The maximum atomic E-state index is 12.9. The zero-order valence-electron chi connectivity index (χ0n) is 21.4. The van der Waals surface area contributed by atoms with Gasteiger partial charge in [-0.05, 0) is 67.1 Å². The average molecular weight is 570 g/mol. The van der Waals surface area contributed by atoms with Gasteiger partial charge in [-0.3, -0.25) is 14.6 Å². The van der Waals surface area contributed by atoms with E-state index < -0.39 is 0 Å². The van der Waals surface area contributed by atoms with E-state index in [2.05, 4.69) is 38.0 Å². The summed E-state index contributed by atoms with van der Waals surface area (Å²) in [5, 5.41) is 7.40. The van der Waals surface area contributed by atoms with Crippen LogP contribution in [0.15, 0.2) is 27.9 Å². The molecular weight excluding hydrogens is 535 g/mol. The van der Waals surface area contributed by atoms with Crippen molar-refractivity contribution in [1.82, 2.24) is 25.6 Å². The fraction of sp³-hybridized carbons (Fsp3) is 0.520. The summed E-state index contributed by atoms with van der Waals surface area (Å²) in [4.78, 5) is 42.9. The van der Waals surface area contributed by atoms with E-state index in [0.717, 1.165) is 37.9 Å². The fourth-order valence-corrected chi connectivity index (χ4v) is 5.67. The zero-order chi connectivity index (χ0) is 26.8. The van der Waals surface area contributed by atoms with Gasteiger partial charge in [-0.2, -0.15) is 11.3 Å².